The first-order valence-electron chi connectivity index (χ1n) is 6.82. The van der Waals surface area contributed by atoms with Crippen LogP contribution in [0.5, 0.6) is 11.5 Å². The van der Waals surface area contributed by atoms with E-state index in [9.17, 15) is 0 Å². The number of nitrogens with one attached hydrogen (secondary N) is 1. The summed E-state index contributed by atoms with van der Waals surface area (Å²) in [5.74, 6) is 1.61. The van der Waals surface area contributed by atoms with Crippen LogP contribution in [0.15, 0.2) is 12.1 Å². The van der Waals surface area contributed by atoms with Crippen LogP contribution in [-0.2, 0) is 6.54 Å². The Kier molecular flexibility index (Phi) is 4.66. The van der Waals surface area contributed by atoms with Crippen molar-refractivity contribution in [3.05, 3.63) is 23.3 Å². The van der Waals surface area contributed by atoms with Crippen molar-refractivity contribution in [1.29, 1.82) is 0 Å². The summed E-state index contributed by atoms with van der Waals surface area (Å²) in [5.41, 5.74) is 2.56. The van der Waals surface area contributed by atoms with Gasteiger partial charge >= 0.3 is 0 Å². The summed E-state index contributed by atoms with van der Waals surface area (Å²) >= 11 is 0. The van der Waals surface area contributed by atoms with Crippen molar-refractivity contribution in [3.8, 4) is 11.5 Å². The normalized spacial score (nSPS) is 20.3. The van der Waals surface area contributed by atoms with Crippen molar-refractivity contribution in [2.24, 2.45) is 0 Å². The van der Waals surface area contributed by atoms with Crippen molar-refractivity contribution in [2.75, 3.05) is 33.9 Å². The van der Waals surface area contributed by atoms with Crippen molar-refractivity contribution in [2.45, 2.75) is 26.4 Å². The predicted molar refractivity (Wildman–Crippen MR) is 77.0 cm³/mol. The zero-order valence-corrected chi connectivity index (χ0v) is 12.3. The van der Waals surface area contributed by atoms with Crippen molar-refractivity contribution in [1.82, 2.24) is 10.2 Å². The van der Waals surface area contributed by atoms with Crippen LogP contribution in [0.3, 0.4) is 0 Å². The van der Waals surface area contributed by atoms with Gasteiger partial charge in [0.15, 0.2) is 11.5 Å². The molecule has 1 aliphatic heterocycles. The molecule has 1 N–H and O–H groups in total. The SMILES string of the molecule is COc1cc(C)c(CN2CCNCC2C)cc1OC. The van der Waals surface area contributed by atoms with Crippen molar-refractivity contribution in [3.63, 3.8) is 0 Å². The van der Waals surface area contributed by atoms with Gasteiger partial charge in [-0.15, -0.1) is 0 Å². The van der Waals surface area contributed by atoms with Gasteiger partial charge in [-0.3, -0.25) is 4.90 Å². The molecule has 1 atom stereocenters. The first-order chi connectivity index (χ1) is 9.15. The van der Waals surface area contributed by atoms with Gasteiger partial charge in [0.25, 0.3) is 0 Å². The Morgan fingerprint density at radius 1 is 1.26 bits per heavy atom. The first kappa shape index (κ1) is 14.2. The van der Waals surface area contributed by atoms with Gasteiger partial charge in [-0.2, -0.15) is 0 Å². The molecule has 4 nitrogen and oxygen atoms in total. The second-order valence-corrected chi connectivity index (χ2v) is 5.16. The van der Waals surface area contributed by atoms with Gasteiger partial charge in [-0.05, 0) is 37.1 Å². The van der Waals surface area contributed by atoms with E-state index >= 15 is 0 Å². The third-order valence-electron chi connectivity index (χ3n) is 3.85. The largest absolute Gasteiger partial charge is 0.493 e. The van der Waals surface area contributed by atoms with Crippen LogP contribution in [0.25, 0.3) is 0 Å². The molecule has 1 heterocycles. The van der Waals surface area contributed by atoms with Gasteiger partial charge in [-0.1, -0.05) is 0 Å². The minimum absolute atomic E-state index is 0.571. The second-order valence-electron chi connectivity index (χ2n) is 5.16. The fourth-order valence-electron chi connectivity index (χ4n) is 2.53. The number of benzene rings is 1. The molecule has 0 amide bonds. The molecule has 2 rings (SSSR count). The van der Waals surface area contributed by atoms with Gasteiger partial charge in [0.1, 0.15) is 0 Å². The van der Waals surface area contributed by atoms with E-state index in [1.165, 1.54) is 11.1 Å². The van der Waals surface area contributed by atoms with Gasteiger partial charge < -0.3 is 14.8 Å². The van der Waals surface area contributed by atoms with E-state index in [0.717, 1.165) is 37.7 Å². The van der Waals surface area contributed by atoms with Crippen molar-refractivity contribution < 1.29 is 9.47 Å². The number of ether oxygens (including phenoxy) is 2. The highest BCUT2D eigenvalue weighted by Gasteiger charge is 2.19. The third kappa shape index (κ3) is 3.19. The average molecular weight is 264 g/mol. The average Bonchev–Trinajstić information content (AvgIpc) is 2.42. The van der Waals surface area contributed by atoms with E-state index in [-0.39, 0.29) is 0 Å². The standard InChI is InChI=1S/C15H24N2O2/c1-11-7-14(18-3)15(19-4)8-13(11)10-17-6-5-16-9-12(17)2/h7-8,12,16H,5-6,9-10H2,1-4H3. The van der Waals surface area contributed by atoms with Crippen LogP contribution < -0.4 is 14.8 Å². The fourth-order valence-corrected chi connectivity index (χ4v) is 2.53. The highest BCUT2D eigenvalue weighted by Crippen LogP contribution is 2.31. The van der Waals surface area contributed by atoms with E-state index in [4.69, 9.17) is 9.47 Å². The van der Waals surface area contributed by atoms with Crippen LogP contribution in [0, 0.1) is 6.92 Å². The van der Waals surface area contributed by atoms with E-state index < -0.39 is 0 Å². The number of rotatable bonds is 4. The molecule has 1 fully saturated rings. The van der Waals surface area contributed by atoms with Crippen LogP contribution in [0.1, 0.15) is 18.1 Å². The van der Waals surface area contributed by atoms with Crippen LogP contribution >= 0.6 is 0 Å². The van der Waals surface area contributed by atoms with E-state index in [0.29, 0.717) is 6.04 Å². The lowest BCUT2D eigenvalue weighted by Crippen LogP contribution is -2.49. The Labute approximate surface area is 115 Å². The van der Waals surface area contributed by atoms with Crippen LogP contribution in [0.4, 0.5) is 0 Å². The second kappa shape index (κ2) is 6.26. The molecule has 19 heavy (non-hydrogen) atoms. The summed E-state index contributed by atoms with van der Waals surface area (Å²) in [6.07, 6.45) is 0. The highest BCUT2D eigenvalue weighted by atomic mass is 16.5. The summed E-state index contributed by atoms with van der Waals surface area (Å²) in [6.45, 7) is 8.58. The van der Waals surface area contributed by atoms with E-state index in [1.807, 2.05) is 0 Å². The molecule has 0 aromatic heterocycles. The van der Waals surface area contributed by atoms with Gasteiger partial charge in [0.2, 0.25) is 0 Å². The number of hydrogen-bond acceptors (Lipinski definition) is 4. The minimum atomic E-state index is 0.571. The number of aryl methyl sites for hydroxylation is 1. The molecule has 1 unspecified atom stereocenters. The van der Waals surface area contributed by atoms with E-state index in [2.05, 4.69) is 36.2 Å². The molecular formula is C15H24N2O2. The van der Waals surface area contributed by atoms with Gasteiger partial charge in [0.05, 0.1) is 14.2 Å². The quantitative estimate of drug-likeness (QED) is 0.899. The Balaban J connectivity index is 2.19. The zero-order chi connectivity index (χ0) is 13.8. The maximum Gasteiger partial charge on any atom is 0.161 e. The Bertz CT molecular complexity index is 434. The molecule has 1 aromatic carbocycles. The van der Waals surface area contributed by atoms with Crippen molar-refractivity contribution >= 4 is 0 Å². The minimum Gasteiger partial charge on any atom is -0.493 e. The molecule has 0 bridgehead atoms. The molecule has 0 radical (unpaired) electrons. The summed E-state index contributed by atoms with van der Waals surface area (Å²) in [7, 11) is 3.36. The number of nitrogens with zero attached hydrogens (tertiary/aromatic N) is 1. The summed E-state index contributed by atoms with van der Waals surface area (Å²) in [5, 5.41) is 3.42. The molecule has 1 aliphatic rings. The lowest BCUT2D eigenvalue weighted by Gasteiger charge is -2.34. The third-order valence-corrected chi connectivity index (χ3v) is 3.85. The number of methoxy groups -OCH3 is 2. The lowest BCUT2D eigenvalue weighted by atomic mass is 10.1. The first-order valence-corrected chi connectivity index (χ1v) is 6.82. The Morgan fingerprint density at radius 3 is 2.58 bits per heavy atom. The number of hydrogen-bond donors (Lipinski definition) is 1. The summed E-state index contributed by atoms with van der Waals surface area (Å²) < 4.78 is 10.7. The highest BCUT2D eigenvalue weighted by molar-refractivity contribution is 5.47. The zero-order valence-electron chi connectivity index (χ0n) is 12.3. The maximum absolute atomic E-state index is 5.39. The van der Waals surface area contributed by atoms with E-state index in [1.54, 1.807) is 14.2 Å². The monoisotopic (exact) mass is 264 g/mol. The molecule has 0 spiro atoms. The maximum atomic E-state index is 5.39. The van der Waals surface area contributed by atoms with Crippen LogP contribution in [0.2, 0.25) is 0 Å². The summed E-state index contributed by atoms with van der Waals surface area (Å²) in [4.78, 5) is 2.50. The molecular weight excluding hydrogens is 240 g/mol. The van der Waals surface area contributed by atoms with Gasteiger partial charge in [-0.25, -0.2) is 0 Å². The van der Waals surface area contributed by atoms with Crippen LogP contribution in [-0.4, -0.2) is 44.8 Å². The fraction of sp³-hybridized carbons (Fsp3) is 0.600. The number of piperazine rings is 1. The molecule has 0 saturated carbocycles. The Morgan fingerprint density at radius 2 is 1.95 bits per heavy atom. The topological polar surface area (TPSA) is 33.7 Å². The molecule has 1 aromatic rings. The molecule has 106 valence electrons. The smallest absolute Gasteiger partial charge is 0.161 e. The Hall–Kier alpha value is -1.26. The molecule has 4 heteroatoms. The molecule has 0 aliphatic carbocycles. The lowest BCUT2D eigenvalue weighted by molar-refractivity contribution is 0.165. The predicted octanol–water partition coefficient (Wildman–Crippen LogP) is 1.81. The van der Waals surface area contributed by atoms with Gasteiger partial charge in [0, 0.05) is 32.2 Å². The summed E-state index contributed by atoms with van der Waals surface area (Å²) in [6, 6.07) is 4.73. The molecule has 1 saturated heterocycles.